The Morgan fingerprint density at radius 1 is 1.21 bits per heavy atom. The van der Waals surface area contributed by atoms with E-state index in [-0.39, 0.29) is 11.3 Å². The Morgan fingerprint density at radius 3 is 2.83 bits per heavy atom. The second kappa shape index (κ2) is 8.00. The lowest BCUT2D eigenvalue weighted by molar-refractivity contribution is -0.115. The SMILES string of the molecule is CCC(=O)Nc1ccc2nc(SCc3cc(=O)c4cc(C)cc(C)c4[nH]3)sc2c1. The molecule has 2 N–H and O–H groups in total. The highest BCUT2D eigenvalue weighted by atomic mass is 32.2. The number of aromatic nitrogens is 2. The quantitative estimate of drug-likeness (QED) is 0.422. The first-order valence-electron chi connectivity index (χ1n) is 9.39. The van der Waals surface area contributed by atoms with Gasteiger partial charge in [0.15, 0.2) is 9.77 Å². The predicted molar refractivity (Wildman–Crippen MR) is 122 cm³/mol. The topological polar surface area (TPSA) is 74.8 Å². The molecular formula is C22H21N3O2S2. The number of aryl methyl sites for hydroxylation is 2. The molecule has 0 atom stereocenters. The molecule has 0 aliphatic rings. The first kappa shape index (κ1) is 19.7. The summed E-state index contributed by atoms with van der Waals surface area (Å²) in [6, 6.07) is 11.4. The van der Waals surface area contributed by atoms with E-state index in [9.17, 15) is 9.59 Å². The van der Waals surface area contributed by atoms with Gasteiger partial charge in [0, 0.05) is 35.0 Å². The maximum absolute atomic E-state index is 12.5. The van der Waals surface area contributed by atoms with Gasteiger partial charge in [-0.3, -0.25) is 9.59 Å². The number of carbonyl (C=O) groups excluding carboxylic acids is 1. The highest BCUT2D eigenvalue weighted by Crippen LogP contribution is 2.33. The summed E-state index contributed by atoms with van der Waals surface area (Å²) >= 11 is 3.19. The van der Waals surface area contributed by atoms with Crippen LogP contribution in [0.3, 0.4) is 0 Å². The van der Waals surface area contributed by atoms with E-state index in [1.54, 1.807) is 29.2 Å². The number of benzene rings is 2. The molecule has 1 amide bonds. The molecule has 148 valence electrons. The molecule has 0 aliphatic heterocycles. The second-order valence-electron chi connectivity index (χ2n) is 7.02. The minimum atomic E-state index is -0.00536. The van der Waals surface area contributed by atoms with Crippen molar-refractivity contribution in [2.24, 2.45) is 0 Å². The number of hydrogen-bond acceptors (Lipinski definition) is 5. The Balaban J connectivity index is 1.56. The number of fused-ring (bicyclic) bond motifs is 2. The number of thioether (sulfide) groups is 1. The first-order chi connectivity index (χ1) is 13.9. The lowest BCUT2D eigenvalue weighted by Crippen LogP contribution is -2.08. The molecule has 2 aromatic heterocycles. The van der Waals surface area contributed by atoms with Crippen molar-refractivity contribution in [3.8, 4) is 0 Å². The van der Waals surface area contributed by atoms with E-state index in [0.717, 1.165) is 48.0 Å². The van der Waals surface area contributed by atoms with Gasteiger partial charge in [0.05, 0.1) is 15.7 Å². The van der Waals surface area contributed by atoms with Crippen LogP contribution in [0.4, 0.5) is 5.69 Å². The van der Waals surface area contributed by atoms with E-state index < -0.39 is 0 Å². The third-order valence-corrected chi connectivity index (χ3v) is 6.87. The zero-order valence-corrected chi connectivity index (χ0v) is 18.1. The van der Waals surface area contributed by atoms with Gasteiger partial charge in [-0.25, -0.2) is 4.98 Å². The van der Waals surface area contributed by atoms with Crippen molar-refractivity contribution in [1.29, 1.82) is 0 Å². The average molecular weight is 424 g/mol. The molecule has 0 saturated heterocycles. The van der Waals surface area contributed by atoms with Gasteiger partial charge < -0.3 is 10.3 Å². The summed E-state index contributed by atoms with van der Waals surface area (Å²) in [5, 5.41) is 3.61. The van der Waals surface area contributed by atoms with Gasteiger partial charge in [-0.1, -0.05) is 24.8 Å². The van der Waals surface area contributed by atoms with Crippen LogP contribution in [0, 0.1) is 13.8 Å². The molecule has 5 nitrogen and oxygen atoms in total. The summed E-state index contributed by atoms with van der Waals surface area (Å²) in [6.07, 6.45) is 0.449. The maximum atomic E-state index is 12.5. The second-order valence-corrected chi connectivity index (χ2v) is 9.27. The third-order valence-electron chi connectivity index (χ3n) is 4.66. The number of anilines is 1. The minimum absolute atomic E-state index is 0.00536. The molecule has 2 aromatic carbocycles. The Bertz CT molecular complexity index is 1290. The van der Waals surface area contributed by atoms with Crippen LogP contribution in [-0.2, 0) is 10.5 Å². The summed E-state index contributed by atoms with van der Waals surface area (Å²) in [6.45, 7) is 5.85. The molecule has 29 heavy (non-hydrogen) atoms. The van der Waals surface area contributed by atoms with Crippen LogP contribution in [-0.4, -0.2) is 15.9 Å². The van der Waals surface area contributed by atoms with Gasteiger partial charge in [-0.05, 0) is 49.2 Å². The van der Waals surface area contributed by atoms with E-state index in [1.807, 2.05) is 45.0 Å². The zero-order chi connectivity index (χ0) is 20.5. The van der Waals surface area contributed by atoms with Gasteiger partial charge in [0.2, 0.25) is 5.91 Å². The van der Waals surface area contributed by atoms with Crippen LogP contribution in [0.25, 0.3) is 21.1 Å². The van der Waals surface area contributed by atoms with Crippen molar-refractivity contribution >= 4 is 55.8 Å². The molecule has 0 radical (unpaired) electrons. The number of aromatic amines is 1. The van der Waals surface area contributed by atoms with E-state index in [1.165, 1.54) is 0 Å². The first-order valence-corrected chi connectivity index (χ1v) is 11.2. The number of thiazole rings is 1. The fourth-order valence-electron chi connectivity index (χ4n) is 3.27. The van der Waals surface area contributed by atoms with Gasteiger partial charge in [0.1, 0.15) is 0 Å². The normalized spacial score (nSPS) is 11.3. The number of nitrogens with one attached hydrogen (secondary N) is 2. The highest BCUT2D eigenvalue weighted by Gasteiger charge is 2.10. The van der Waals surface area contributed by atoms with E-state index in [4.69, 9.17) is 0 Å². The number of nitrogens with zero attached hydrogens (tertiary/aromatic N) is 1. The Morgan fingerprint density at radius 2 is 2.03 bits per heavy atom. The van der Waals surface area contributed by atoms with E-state index in [2.05, 4.69) is 21.4 Å². The molecular weight excluding hydrogens is 402 g/mol. The van der Waals surface area contributed by atoms with Crippen molar-refractivity contribution in [1.82, 2.24) is 9.97 Å². The summed E-state index contributed by atoms with van der Waals surface area (Å²) in [4.78, 5) is 32.2. The molecule has 0 saturated carbocycles. The summed E-state index contributed by atoms with van der Waals surface area (Å²) in [7, 11) is 0. The lowest BCUT2D eigenvalue weighted by atomic mass is 10.1. The molecule has 4 rings (SSSR count). The number of carbonyl (C=O) groups is 1. The van der Waals surface area contributed by atoms with Gasteiger partial charge in [0.25, 0.3) is 0 Å². The monoisotopic (exact) mass is 423 g/mol. The summed E-state index contributed by atoms with van der Waals surface area (Å²) in [5.41, 5.74) is 5.69. The molecule has 0 spiro atoms. The fraction of sp³-hybridized carbons (Fsp3) is 0.227. The molecule has 7 heteroatoms. The summed E-state index contributed by atoms with van der Waals surface area (Å²) < 4.78 is 1.96. The number of amides is 1. The highest BCUT2D eigenvalue weighted by molar-refractivity contribution is 8.00. The Labute approximate surface area is 176 Å². The number of hydrogen-bond donors (Lipinski definition) is 2. The molecule has 0 unspecified atom stereocenters. The lowest BCUT2D eigenvalue weighted by Gasteiger charge is -2.07. The minimum Gasteiger partial charge on any atom is -0.357 e. The Hall–Kier alpha value is -2.64. The zero-order valence-electron chi connectivity index (χ0n) is 16.5. The smallest absolute Gasteiger partial charge is 0.224 e. The van der Waals surface area contributed by atoms with Crippen LogP contribution in [0.1, 0.15) is 30.2 Å². The van der Waals surface area contributed by atoms with E-state index >= 15 is 0 Å². The summed E-state index contributed by atoms with van der Waals surface area (Å²) in [5.74, 6) is 0.631. The standard InChI is InChI=1S/C22H21N3O2S2/c1-4-20(27)23-14-5-6-17-19(10-14)29-22(25-17)28-11-15-9-18(26)16-8-12(2)7-13(3)21(16)24-15/h5-10H,4,11H2,1-3H3,(H,23,27)(H,24,26). The van der Waals surface area contributed by atoms with E-state index in [0.29, 0.717) is 12.2 Å². The van der Waals surface area contributed by atoms with Crippen LogP contribution < -0.4 is 10.7 Å². The van der Waals surface area contributed by atoms with Crippen molar-refractivity contribution in [3.05, 3.63) is 63.4 Å². The molecule has 0 aliphatic carbocycles. The van der Waals surface area contributed by atoms with Crippen molar-refractivity contribution < 1.29 is 4.79 Å². The molecule has 0 bridgehead atoms. The van der Waals surface area contributed by atoms with Gasteiger partial charge in [-0.15, -0.1) is 11.3 Å². The third kappa shape index (κ3) is 4.21. The average Bonchev–Trinajstić information content (AvgIpc) is 3.09. The van der Waals surface area contributed by atoms with Crippen LogP contribution in [0.5, 0.6) is 0 Å². The predicted octanol–water partition coefficient (Wildman–Crippen LogP) is 5.40. The largest absolute Gasteiger partial charge is 0.357 e. The van der Waals surface area contributed by atoms with Crippen molar-refractivity contribution in [2.45, 2.75) is 37.3 Å². The number of H-pyrrole nitrogens is 1. The molecule has 0 fully saturated rings. The number of pyridine rings is 1. The van der Waals surface area contributed by atoms with Crippen molar-refractivity contribution in [3.63, 3.8) is 0 Å². The van der Waals surface area contributed by atoms with Crippen molar-refractivity contribution in [2.75, 3.05) is 5.32 Å². The maximum Gasteiger partial charge on any atom is 0.224 e. The molecule has 2 heterocycles. The van der Waals surface area contributed by atoms with Gasteiger partial charge in [-0.2, -0.15) is 0 Å². The van der Waals surface area contributed by atoms with Gasteiger partial charge >= 0.3 is 0 Å². The Kier molecular flexibility index (Phi) is 5.43. The molecule has 4 aromatic rings. The van der Waals surface area contributed by atoms with Crippen LogP contribution in [0.15, 0.2) is 45.5 Å². The fourth-order valence-corrected chi connectivity index (χ4v) is 5.29. The van der Waals surface area contributed by atoms with Crippen LogP contribution in [0.2, 0.25) is 0 Å². The van der Waals surface area contributed by atoms with Crippen LogP contribution >= 0.6 is 23.1 Å². The number of rotatable bonds is 5.